The fourth-order valence-electron chi connectivity index (χ4n) is 8.28. The van der Waals surface area contributed by atoms with Crippen molar-refractivity contribution in [3.63, 3.8) is 0 Å². The number of nitrogens with two attached hydrogens (primary N) is 2. The Morgan fingerprint density at radius 1 is 0.355 bits per heavy atom. The SMILES string of the molecule is CCCCCCCCCCCCCCCCCCNC(=O)c1ccc(C(=O)c2ccc(C(=O)NCCCCCCCCCCCCCCCCCC)c(C(N)=O)c2)cc1C(N)=O. The summed E-state index contributed by atoms with van der Waals surface area (Å²) in [6, 6.07) is 8.37. The number of unbranched alkanes of at least 4 members (excludes halogenated alkanes) is 30. The summed E-state index contributed by atoms with van der Waals surface area (Å²) in [5.74, 6) is -3.02. The third-order valence-electron chi connectivity index (χ3n) is 12.2. The van der Waals surface area contributed by atoms with E-state index in [0.29, 0.717) is 13.1 Å². The summed E-state index contributed by atoms with van der Waals surface area (Å²) >= 11 is 0. The molecule has 0 aliphatic rings. The third kappa shape index (κ3) is 24.0. The van der Waals surface area contributed by atoms with E-state index in [1.165, 1.54) is 203 Å². The van der Waals surface area contributed by atoms with Crippen molar-refractivity contribution in [3.8, 4) is 0 Å². The van der Waals surface area contributed by atoms with E-state index in [0.717, 1.165) is 38.5 Å². The molecule has 0 aromatic heterocycles. The topological polar surface area (TPSA) is 161 Å². The van der Waals surface area contributed by atoms with Gasteiger partial charge in [0.1, 0.15) is 0 Å². The monoisotopic (exact) mass is 859 g/mol. The Hall–Kier alpha value is -4.01. The number of amides is 4. The van der Waals surface area contributed by atoms with E-state index in [-0.39, 0.29) is 33.4 Å². The molecule has 0 saturated carbocycles. The summed E-state index contributed by atoms with van der Waals surface area (Å²) in [5, 5.41) is 5.77. The van der Waals surface area contributed by atoms with Crippen molar-refractivity contribution in [2.45, 2.75) is 219 Å². The van der Waals surface area contributed by atoms with Crippen LogP contribution in [-0.2, 0) is 0 Å². The van der Waals surface area contributed by atoms with Crippen molar-refractivity contribution >= 4 is 29.4 Å². The molecule has 2 aromatic rings. The summed E-state index contributed by atoms with van der Waals surface area (Å²) in [7, 11) is 0. The Morgan fingerprint density at radius 2 is 0.597 bits per heavy atom. The molecule has 0 atom stereocenters. The average molecular weight is 859 g/mol. The first-order valence-corrected chi connectivity index (χ1v) is 25.2. The quantitative estimate of drug-likeness (QED) is 0.0387. The van der Waals surface area contributed by atoms with E-state index in [1.807, 2.05) is 0 Å². The maximum Gasteiger partial charge on any atom is 0.252 e. The number of nitrogens with one attached hydrogen (secondary N) is 2. The zero-order chi connectivity index (χ0) is 45.0. The molecule has 0 bridgehead atoms. The minimum Gasteiger partial charge on any atom is -0.366 e. The molecule has 0 spiro atoms. The highest BCUT2D eigenvalue weighted by molar-refractivity contribution is 6.15. The Bertz CT molecular complexity index is 1460. The molecular weight excluding hydrogens is 773 g/mol. The fourth-order valence-corrected chi connectivity index (χ4v) is 8.28. The highest BCUT2D eigenvalue weighted by Gasteiger charge is 2.22. The van der Waals surface area contributed by atoms with Crippen molar-refractivity contribution in [3.05, 3.63) is 69.8 Å². The van der Waals surface area contributed by atoms with Crippen LogP contribution in [0.1, 0.15) is 277 Å². The van der Waals surface area contributed by atoms with Gasteiger partial charge in [-0.2, -0.15) is 0 Å². The van der Waals surface area contributed by atoms with Gasteiger partial charge in [-0.25, -0.2) is 0 Å². The molecule has 0 aliphatic carbocycles. The fraction of sp³-hybridized carbons (Fsp3) is 0.679. The minimum atomic E-state index is -0.832. The van der Waals surface area contributed by atoms with Crippen LogP contribution in [0.5, 0.6) is 0 Å². The number of carbonyl (C=O) groups excluding carboxylic acids is 5. The molecule has 9 nitrogen and oxygen atoms in total. The summed E-state index contributed by atoms with van der Waals surface area (Å²) in [6.07, 6.45) is 40.7. The van der Waals surface area contributed by atoms with Crippen LogP contribution in [-0.4, -0.2) is 42.5 Å². The van der Waals surface area contributed by atoms with Crippen molar-refractivity contribution in [2.24, 2.45) is 11.5 Å². The maximum absolute atomic E-state index is 13.5. The van der Waals surface area contributed by atoms with E-state index in [4.69, 9.17) is 11.5 Å². The Balaban J connectivity index is 1.70. The standard InChI is InChI=1S/C53H86N4O5/c1-3-5-7-9-11-13-15-17-19-21-23-25-27-29-31-33-39-56-52(61)45-37-35-43(41-47(45)50(54)59)49(58)44-36-38-46(48(42-44)51(55)60)53(62)57-40-34-32-30-28-26-24-22-20-18-16-14-12-10-8-6-4-2/h35-38,41-42H,3-34,39-40H2,1-2H3,(H2,54,59)(H2,55,60)(H,56,61)(H,57,62). The predicted molar refractivity (Wildman–Crippen MR) is 257 cm³/mol. The molecule has 9 heteroatoms. The van der Waals surface area contributed by atoms with Gasteiger partial charge in [-0.05, 0) is 37.1 Å². The van der Waals surface area contributed by atoms with Gasteiger partial charge in [-0.1, -0.05) is 219 Å². The lowest BCUT2D eigenvalue weighted by atomic mass is 9.94. The molecule has 6 N–H and O–H groups in total. The smallest absolute Gasteiger partial charge is 0.252 e. The van der Waals surface area contributed by atoms with Gasteiger partial charge >= 0.3 is 0 Å². The van der Waals surface area contributed by atoms with E-state index in [9.17, 15) is 24.0 Å². The maximum atomic E-state index is 13.5. The first-order chi connectivity index (χ1) is 30.2. The van der Waals surface area contributed by atoms with Crippen LogP contribution < -0.4 is 22.1 Å². The summed E-state index contributed by atoms with van der Waals surface area (Å²) < 4.78 is 0. The average Bonchev–Trinajstić information content (AvgIpc) is 3.27. The van der Waals surface area contributed by atoms with Crippen molar-refractivity contribution < 1.29 is 24.0 Å². The Kier molecular flexibility index (Phi) is 30.9. The summed E-state index contributed by atoms with van der Waals surface area (Å²) in [4.78, 5) is 64.5. The zero-order valence-corrected chi connectivity index (χ0v) is 39.2. The lowest BCUT2D eigenvalue weighted by Crippen LogP contribution is -2.28. The number of rotatable bonds is 40. The third-order valence-corrected chi connectivity index (χ3v) is 12.2. The van der Waals surface area contributed by atoms with E-state index >= 15 is 0 Å². The highest BCUT2D eigenvalue weighted by atomic mass is 16.2. The number of benzene rings is 2. The molecule has 0 heterocycles. The van der Waals surface area contributed by atoms with E-state index < -0.39 is 29.4 Å². The Labute approximate surface area is 376 Å². The normalized spacial score (nSPS) is 11.1. The summed E-state index contributed by atoms with van der Waals surface area (Å²) in [6.45, 7) is 5.48. The number of hydrogen-bond acceptors (Lipinski definition) is 5. The van der Waals surface area contributed by atoms with Gasteiger partial charge < -0.3 is 22.1 Å². The van der Waals surface area contributed by atoms with Crippen LogP contribution in [0.25, 0.3) is 0 Å². The van der Waals surface area contributed by atoms with Crippen molar-refractivity contribution in [1.29, 1.82) is 0 Å². The van der Waals surface area contributed by atoms with Crippen LogP contribution in [0.3, 0.4) is 0 Å². The van der Waals surface area contributed by atoms with Gasteiger partial charge in [-0.3, -0.25) is 24.0 Å². The molecule has 0 saturated heterocycles. The van der Waals surface area contributed by atoms with Crippen molar-refractivity contribution in [2.75, 3.05) is 13.1 Å². The molecule has 0 unspecified atom stereocenters. The minimum absolute atomic E-state index is 0.0690. The first kappa shape index (κ1) is 54.1. The van der Waals surface area contributed by atoms with Gasteiger partial charge in [0, 0.05) is 24.2 Å². The van der Waals surface area contributed by atoms with Crippen LogP contribution in [0.2, 0.25) is 0 Å². The number of primary amides is 2. The molecular formula is C53H86N4O5. The number of hydrogen-bond donors (Lipinski definition) is 4. The molecule has 62 heavy (non-hydrogen) atoms. The number of carbonyl (C=O) groups is 5. The lowest BCUT2D eigenvalue weighted by Gasteiger charge is -2.12. The van der Waals surface area contributed by atoms with Gasteiger partial charge in [0.2, 0.25) is 11.8 Å². The molecule has 2 aromatic carbocycles. The van der Waals surface area contributed by atoms with E-state index in [1.54, 1.807) is 0 Å². The highest BCUT2D eigenvalue weighted by Crippen LogP contribution is 2.20. The molecule has 0 fully saturated rings. The van der Waals surface area contributed by atoms with Crippen LogP contribution in [0, 0.1) is 0 Å². The van der Waals surface area contributed by atoms with Crippen molar-refractivity contribution in [1.82, 2.24) is 10.6 Å². The molecule has 0 radical (unpaired) electrons. The molecule has 4 amide bonds. The largest absolute Gasteiger partial charge is 0.366 e. The van der Waals surface area contributed by atoms with Gasteiger partial charge in [0.05, 0.1) is 22.3 Å². The van der Waals surface area contributed by atoms with Gasteiger partial charge in [-0.15, -0.1) is 0 Å². The molecule has 2 rings (SSSR count). The number of ketones is 1. The second-order valence-corrected chi connectivity index (χ2v) is 17.7. The second-order valence-electron chi connectivity index (χ2n) is 17.7. The molecule has 348 valence electrons. The van der Waals surface area contributed by atoms with Crippen LogP contribution in [0.4, 0.5) is 0 Å². The predicted octanol–water partition coefficient (Wildman–Crippen LogP) is 13.1. The first-order valence-electron chi connectivity index (χ1n) is 25.2. The molecule has 0 aliphatic heterocycles. The second kappa shape index (κ2) is 35.5. The van der Waals surface area contributed by atoms with Gasteiger partial charge in [0.25, 0.3) is 11.8 Å². The van der Waals surface area contributed by atoms with E-state index in [2.05, 4.69) is 24.5 Å². The Morgan fingerprint density at radius 3 is 0.839 bits per heavy atom. The van der Waals surface area contributed by atoms with Gasteiger partial charge in [0.15, 0.2) is 5.78 Å². The van der Waals surface area contributed by atoms with Crippen LogP contribution in [0.15, 0.2) is 36.4 Å². The lowest BCUT2D eigenvalue weighted by molar-refractivity contribution is 0.0933. The van der Waals surface area contributed by atoms with Crippen LogP contribution >= 0.6 is 0 Å². The zero-order valence-electron chi connectivity index (χ0n) is 39.2. The summed E-state index contributed by atoms with van der Waals surface area (Å²) in [5.41, 5.74) is 11.6.